The van der Waals surface area contributed by atoms with E-state index in [4.69, 9.17) is 5.26 Å². The minimum Gasteiger partial charge on any atom is -0.393 e. The molecule has 2 heterocycles. The molecule has 0 amide bonds. The molecule has 2 fully saturated rings. The summed E-state index contributed by atoms with van der Waals surface area (Å²) < 4.78 is 0.981. The highest BCUT2D eigenvalue weighted by Crippen LogP contribution is 2.42. The van der Waals surface area contributed by atoms with Gasteiger partial charge in [0.1, 0.15) is 0 Å². The van der Waals surface area contributed by atoms with Gasteiger partial charge in [-0.05, 0) is 59.8 Å². The molecule has 1 aromatic rings. The molecule has 2 aliphatic heterocycles. The number of hydrogen-bond acceptors (Lipinski definition) is 3. The van der Waals surface area contributed by atoms with E-state index in [1.54, 1.807) is 0 Å². The van der Waals surface area contributed by atoms with Crippen molar-refractivity contribution in [2.24, 2.45) is 0 Å². The number of piperidine rings is 1. The van der Waals surface area contributed by atoms with Crippen LogP contribution in [0.25, 0.3) is 0 Å². The smallest absolute Gasteiger partial charge is 0.0992 e. The molecule has 2 aliphatic rings. The van der Waals surface area contributed by atoms with Gasteiger partial charge in [-0.3, -0.25) is 0 Å². The summed E-state index contributed by atoms with van der Waals surface area (Å²) in [4.78, 5) is 2.43. The summed E-state index contributed by atoms with van der Waals surface area (Å²) in [6.07, 6.45) is 3.91. The molecule has 0 aromatic heterocycles. The number of aliphatic hydroxyl groups is 1. The number of hydrogen-bond donors (Lipinski definition) is 1. The third-order valence-corrected chi connectivity index (χ3v) is 4.70. The Kier molecular flexibility index (Phi) is 3.04. The standard InChI is InChI=1S/C14H15BrN2O/c15-13-5-9(8-16)1-4-14(13)17-10-2-3-11(17)7-12(18)6-10/h1,4-5,10-12,18H,2-3,6-7H2. The van der Waals surface area contributed by atoms with E-state index in [0.717, 1.165) is 35.8 Å². The summed E-state index contributed by atoms with van der Waals surface area (Å²) in [6.45, 7) is 0. The van der Waals surface area contributed by atoms with Crippen LogP contribution in [0.1, 0.15) is 31.2 Å². The van der Waals surface area contributed by atoms with Crippen LogP contribution in [0.2, 0.25) is 0 Å². The van der Waals surface area contributed by atoms with Crippen LogP contribution < -0.4 is 4.90 Å². The average molecular weight is 307 g/mol. The number of nitriles is 1. The van der Waals surface area contributed by atoms with E-state index in [1.165, 1.54) is 0 Å². The van der Waals surface area contributed by atoms with Crippen molar-refractivity contribution in [3.05, 3.63) is 28.2 Å². The van der Waals surface area contributed by atoms with Gasteiger partial charge in [-0.25, -0.2) is 0 Å². The Balaban J connectivity index is 1.94. The molecule has 0 spiro atoms. The minimum absolute atomic E-state index is 0.143. The lowest BCUT2D eigenvalue weighted by atomic mass is 9.99. The summed E-state index contributed by atoms with van der Waals surface area (Å²) >= 11 is 3.57. The van der Waals surface area contributed by atoms with E-state index in [9.17, 15) is 5.11 Å². The number of halogens is 1. The first-order valence-electron chi connectivity index (χ1n) is 6.35. The van der Waals surface area contributed by atoms with Crippen molar-refractivity contribution in [1.82, 2.24) is 0 Å². The van der Waals surface area contributed by atoms with Crippen molar-refractivity contribution in [2.75, 3.05) is 4.90 Å². The summed E-state index contributed by atoms with van der Waals surface area (Å²) in [7, 11) is 0. The van der Waals surface area contributed by atoms with Gasteiger partial charge in [0.05, 0.1) is 23.4 Å². The normalized spacial score (nSPS) is 30.3. The quantitative estimate of drug-likeness (QED) is 0.868. The van der Waals surface area contributed by atoms with Gasteiger partial charge in [-0.1, -0.05) is 0 Å². The molecule has 0 saturated carbocycles. The highest BCUT2D eigenvalue weighted by molar-refractivity contribution is 9.10. The highest BCUT2D eigenvalue weighted by atomic mass is 79.9. The first kappa shape index (κ1) is 12.0. The van der Waals surface area contributed by atoms with Gasteiger partial charge in [0, 0.05) is 16.6 Å². The molecule has 18 heavy (non-hydrogen) atoms. The highest BCUT2D eigenvalue weighted by Gasteiger charge is 2.40. The van der Waals surface area contributed by atoms with Gasteiger partial charge >= 0.3 is 0 Å². The van der Waals surface area contributed by atoms with Crippen LogP contribution >= 0.6 is 15.9 Å². The molecule has 1 aromatic carbocycles. The molecule has 4 heteroatoms. The van der Waals surface area contributed by atoms with Crippen LogP contribution in [0.15, 0.2) is 22.7 Å². The molecule has 2 saturated heterocycles. The molecule has 0 aliphatic carbocycles. The van der Waals surface area contributed by atoms with Crippen LogP contribution in [-0.4, -0.2) is 23.3 Å². The number of benzene rings is 1. The van der Waals surface area contributed by atoms with Crippen LogP contribution in [-0.2, 0) is 0 Å². The Morgan fingerprint density at radius 2 is 1.94 bits per heavy atom. The lowest BCUT2D eigenvalue weighted by Gasteiger charge is -2.39. The van der Waals surface area contributed by atoms with Gasteiger partial charge in [0.2, 0.25) is 0 Å². The zero-order valence-corrected chi connectivity index (χ0v) is 11.6. The maximum absolute atomic E-state index is 9.82. The van der Waals surface area contributed by atoms with Gasteiger partial charge < -0.3 is 10.0 Å². The Labute approximate surface area is 115 Å². The van der Waals surface area contributed by atoms with Crippen LogP contribution in [0.4, 0.5) is 5.69 Å². The van der Waals surface area contributed by atoms with Gasteiger partial charge in [-0.2, -0.15) is 5.26 Å². The molecule has 2 unspecified atom stereocenters. The summed E-state index contributed by atoms with van der Waals surface area (Å²) in [5, 5.41) is 18.7. The minimum atomic E-state index is -0.143. The van der Waals surface area contributed by atoms with Crippen molar-refractivity contribution in [3.63, 3.8) is 0 Å². The average Bonchev–Trinajstić information content (AvgIpc) is 2.61. The molecule has 3 nitrogen and oxygen atoms in total. The zero-order chi connectivity index (χ0) is 12.7. The number of nitrogens with zero attached hydrogens (tertiary/aromatic N) is 2. The second kappa shape index (κ2) is 4.56. The number of rotatable bonds is 1. The van der Waals surface area contributed by atoms with Crippen LogP contribution in [0.3, 0.4) is 0 Å². The Bertz CT molecular complexity index is 497. The maximum Gasteiger partial charge on any atom is 0.0992 e. The molecular formula is C14H15BrN2O. The predicted molar refractivity (Wildman–Crippen MR) is 73.4 cm³/mol. The maximum atomic E-state index is 9.82. The Morgan fingerprint density at radius 1 is 1.28 bits per heavy atom. The second-order valence-corrected chi connectivity index (χ2v) is 6.05. The summed E-state index contributed by atoms with van der Waals surface area (Å²) in [5.74, 6) is 0. The van der Waals surface area contributed by atoms with E-state index >= 15 is 0 Å². The number of anilines is 1. The Morgan fingerprint density at radius 3 is 2.50 bits per heavy atom. The predicted octanol–water partition coefficient (Wildman–Crippen LogP) is 2.81. The molecule has 3 rings (SSSR count). The van der Waals surface area contributed by atoms with Crippen molar-refractivity contribution in [3.8, 4) is 6.07 Å². The van der Waals surface area contributed by atoms with E-state index < -0.39 is 0 Å². The fourth-order valence-electron chi connectivity index (χ4n) is 3.33. The van der Waals surface area contributed by atoms with Crippen LogP contribution in [0, 0.1) is 11.3 Å². The van der Waals surface area contributed by atoms with Crippen molar-refractivity contribution >= 4 is 21.6 Å². The Hall–Kier alpha value is -1.05. The van der Waals surface area contributed by atoms with Gasteiger partial charge in [-0.15, -0.1) is 0 Å². The van der Waals surface area contributed by atoms with E-state index in [1.807, 2.05) is 18.2 Å². The molecular weight excluding hydrogens is 292 g/mol. The number of aliphatic hydroxyl groups excluding tert-OH is 1. The molecule has 2 bridgehead atoms. The largest absolute Gasteiger partial charge is 0.393 e. The van der Waals surface area contributed by atoms with Gasteiger partial charge in [0.25, 0.3) is 0 Å². The molecule has 94 valence electrons. The molecule has 0 radical (unpaired) electrons. The van der Waals surface area contributed by atoms with E-state index in [-0.39, 0.29) is 6.10 Å². The summed E-state index contributed by atoms with van der Waals surface area (Å²) in [6, 6.07) is 8.81. The zero-order valence-electron chi connectivity index (χ0n) is 10.0. The van der Waals surface area contributed by atoms with Crippen molar-refractivity contribution in [1.29, 1.82) is 5.26 Å². The molecule has 2 atom stereocenters. The first-order chi connectivity index (χ1) is 8.69. The first-order valence-corrected chi connectivity index (χ1v) is 7.14. The van der Waals surface area contributed by atoms with Crippen LogP contribution in [0.5, 0.6) is 0 Å². The summed E-state index contributed by atoms with van der Waals surface area (Å²) in [5.41, 5.74) is 1.84. The SMILES string of the molecule is N#Cc1ccc(N2C3CCC2CC(O)C3)c(Br)c1. The molecule has 1 N–H and O–H groups in total. The number of fused-ring (bicyclic) bond motifs is 2. The van der Waals surface area contributed by atoms with Crippen molar-refractivity contribution in [2.45, 2.75) is 43.9 Å². The lowest BCUT2D eigenvalue weighted by molar-refractivity contribution is 0.126. The topological polar surface area (TPSA) is 47.3 Å². The fraction of sp³-hybridized carbons (Fsp3) is 0.500. The van der Waals surface area contributed by atoms with E-state index in [0.29, 0.717) is 17.6 Å². The third kappa shape index (κ3) is 1.92. The second-order valence-electron chi connectivity index (χ2n) is 5.20. The van der Waals surface area contributed by atoms with E-state index in [2.05, 4.69) is 26.9 Å². The fourth-order valence-corrected chi connectivity index (χ4v) is 3.91. The van der Waals surface area contributed by atoms with Gasteiger partial charge in [0.15, 0.2) is 0 Å². The lowest BCUT2D eigenvalue weighted by Crippen LogP contribution is -2.44. The monoisotopic (exact) mass is 306 g/mol. The third-order valence-electron chi connectivity index (χ3n) is 4.06. The van der Waals surface area contributed by atoms with Crippen molar-refractivity contribution < 1.29 is 5.11 Å².